The number of ether oxygens (including phenoxy) is 2. The number of aliphatic hydroxyl groups excluding tert-OH is 1. The molecule has 1 aliphatic rings. The zero-order valence-electron chi connectivity index (χ0n) is 37.1. The summed E-state index contributed by atoms with van der Waals surface area (Å²) < 4.78 is 11.2. The Morgan fingerprint density at radius 1 is 0.526 bits per heavy atom. The molecular weight excluding hydrogens is 711 g/mol. The van der Waals surface area contributed by atoms with Crippen LogP contribution in [-0.4, -0.2) is 98.5 Å². The average Bonchev–Trinajstić information content (AvgIpc) is 3.21. The Balaban J connectivity index is 2.23. The maximum atomic E-state index is 12.8. The minimum Gasteiger partial charge on any atom is -0.466 e. The normalized spacial score (nSPS) is 14.4. The maximum absolute atomic E-state index is 12.8. The summed E-state index contributed by atoms with van der Waals surface area (Å²) in [5.74, 6) is -0.490. The van der Waals surface area contributed by atoms with Crippen LogP contribution < -0.4 is 5.32 Å². The van der Waals surface area contributed by atoms with Gasteiger partial charge in [-0.1, -0.05) is 140 Å². The van der Waals surface area contributed by atoms with Crippen LogP contribution in [0.3, 0.4) is 0 Å². The SMILES string of the molecule is CCCCC/C=C\C/C=C\CCCCCCCCOC(=O)CC(CC(=O)OCCCCCCCC/C=C\C/C=C\CCCCC)NCCN1CCN(CCO)CC1. The highest BCUT2D eigenvalue weighted by molar-refractivity contribution is 5.74. The number of carbonyl (C=O) groups excluding carboxylic acids is 2. The maximum Gasteiger partial charge on any atom is 0.307 e. The Hall–Kier alpha value is -2.26. The second kappa shape index (κ2) is 41.9. The van der Waals surface area contributed by atoms with Gasteiger partial charge in [0.15, 0.2) is 0 Å². The van der Waals surface area contributed by atoms with Gasteiger partial charge in [-0.05, 0) is 77.0 Å². The van der Waals surface area contributed by atoms with Crippen molar-refractivity contribution < 1.29 is 24.2 Å². The number of hydrogen-bond acceptors (Lipinski definition) is 8. The van der Waals surface area contributed by atoms with E-state index in [0.29, 0.717) is 19.8 Å². The Morgan fingerprint density at radius 3 is 1.30 bits per heavy atom. The van der Waals surface area contributed by atoms with Gasteiger partial charge in [-0.15, -0.1) is 0 Å². The van der Waals surface area contributed by atoms with E-state index in [1.165, 1.54) is 103 Å². The average molecular weight is 800 g/mol. The molecule has 8 heteroatoms. The fourth-order valence-electron chi connectivity index (χ4n) is 7.09. The number of carbonyl (C=O) groups is 2. The molecule has 2 N–H and O–H groups in total. The van der Waals surface area contributed by atoms with Crippen LogP contribution in [0.1, 0.15) is 181 Å². The predicted molar refractivity (Wildman–Crippen MR) is 242 cm³/mol. The van der Waals surface area contributed by atoms with E-state index >= 15 is 0 Å². The van der Waals surface area contributed by atoms with Gasteiger partial charge in [0.05, 0.1) is 32.7 Å². The molecule has 57 heavy (non-hydrogen) atoms. The largest absolute Gasteiger partial charge is 0.466 e. The zero-order chi connectivity index (χ0) is 41.1. The molecule has 0 aliphatic carbocycles. The second-order valence-corrected chi connectivity index (χ2v) is 16.1. The Morgan fingerprint density at radius 2 is 0.895 bits per heavy atom. The van der Waals surface area contributed by atoms with Crippen LogP contribution in [0.15, 0.2) is 48.6 Å². The predicted octanol–water partition coefficient (Wildman–Crippen LogP) is 11.0. The van der Waals surface area contributed by atoms with Crippen molar-refractivity contribution in [1.29, 1.82) is 0 Å². The van der Waals surface area contributed by atoms with Crippen molar-refractivity contribution in [1.82, 2.24) is 15.1 Å². The van der Waals surface area contributed by atoms with E-state index in [4.69, 9.17) is 9.47 Å². The third-order valence-electron chi connectivity index (χ3n) is 10.8. The van der Waals surface area contributed by atoms with Crippen molar-refractivity contribution in [3.63, 3.8) is 0 Å². The highest BCUT2D eigenvalue weighted by Crippen LogP contribution is 2.11. The number of piperazine rings is 1. The summed E-state index contributed by atoms with van der Waals surface area (Å²) in [6, 6.07) is -0.299. The lowest BCUT2D eigenvalue weighted by atomic mass is 10.1. The number of nitrogens with one attached hydrogen (secondary N) is 1. The number of hydrogen-bond donors (Lipinski definition) is 2. The Labute approximate surface area is 351 Å². The number of nitrogens with zero attached hydrogens (tertiary/aromatic N) is 2. The number of aliphatic hydroxyl groups is 1. The van der Waals surface area contributed by atoms with Crippen molar-refractivity contribution >= 4 is 11.9 Å². The standard InChI is InChI=1S/C49H89N3O5/c1-3-5-7-9-11-13-15-17-19-21-23-25-27-29-31-33-43-56-48(54)45-47(50-35-36-51-37-39-52(40-38-51)41-42-53)46-49(55)57-44-34-32-30-28-26-24-22-20-18-16-14-12-10-8-6-4-2/h11-14,17-20,47,50,53H,3-10,15-16,21-46H2,1-2H3/b13-11-,14-12-,19-17-,20-18-. The lowest BCUT2D eigenvalue weighted by Crippen LogP contribution is -2.49. The van der Waals surface area contributed by atoms with E-state index in [2.05, 4.69) is 77.6 Å². The summed E-state index contributed by atoms with van der Waals surface area (Å²) in [6.45, 7) is 11.7. The van der Waals surface area contributed by atoms with E-state index in [1.807, 2.05) is 0 Å². The molecular formula is C49H89N3O5. The number of esters is 2. The van der Waals surface area contributed by atoms with Crippen LogP contribution in [0.25, 0.3) is 0 Å². The van der Waals surface area contributed by atoms with Crippen LogP contribution in [-0.2, 0) is 19.1 Å². The second-order valence-electron chi connectivity index (χ2n) is 16.1. The highest BCUT2D eigenvalue weighted by Gasteiger charge is 2.21. The molecule has 1 fully saturated rings. The lowest BCUT2D eigenvalue weighted by molar-refractivity contribution is -0.146. The molecule has 330 valence electrons. The van der Waals surface area contributed by atoms with Crippen LogP contribution in [0.5, 0.6) is 0 Å². The summed E-state index contributed by atoms with van der Waals surface area (Å²) in [5.41, 5.74) is 0. The zero-order valence-corrected chi connectivity index (χ0v) is 37.1. The summed E-state index contributed by atoms with van der Waals surface area (Å²) in [5, 5.41) is 12.7. The summed E-state index contributed by atoms with van der Waals surface area (Å²) in [4.78, 5) is 30.3. The topological polar surface area (TPSA) is 91.3 Å². The number of allylic oxidation sites excluding steroid dienone is 8. The lowest BCUT2D eigenvalue weighted by Gasteiger charge is -2.34. The molecule has 0 spiro atoms. The fraction of sp³-hybridized carbons (Fsp3) is 0.796. The summed E-state index contributed by atoms with van der Waals surface area (Å²) in [7, 11) is 0. The molecule has 0 aromatic carbocycles. The van der Waals surface area contributed by atoms with Gasteiger partial charge in [-0.3, -0.25) is 19.4 Å². The van der Waals surface area contributed by atoms with Crippen molar-refractivity contribution in [3.05, 3.63) is 48.6 Å². The molecule has 0 radical (unpaired) electrons. The minimum atomic E-state index is -0.299. The molecule has 8 nitrogen and oxygen atoms in total. The molecule has 1 rings (SSSR count). The first-order chi connectivity index (χ1) is 28.1. The molecule has 1 aliphatic heterocycles. The molecule has 1 heterocycles. The van der Waals surface area contributed by atoms with Crippen LogP contribution in [0.4, 0.5) is 0 Å². The van der Waals surface area contributed by atoms with Gasteiger partial charge in [0.2, 0.25) is 0 Å². The van der Waals surface area contributed by atoms with Crippen molar-refractivity contribution in [3.8, 4) is 0 Å². The third-order valence-corrected chi connectivity index (χ3v) is 10.8. The fourth-order valence-corrected chi connectivity index (χ4v) is 7.09. The molecule has 0 aromatic heterocycles. The quantitative estimate of drug-likeness (QED) is 0.0360. The third kappa shape index (κ3) is 36.5. The monoisotopic (exact) mass is 800 g/mol. The van der Waals surface area contributed by atoms with Crippen LogP contribution >= 0.6 is 0 Å². The first-order valence-corrected chi connectivity index (χ1v) is 23.8. The molecule has 0 aromatic rings. The van der Waals surface area contributed by atoms with Crippen molar-refractivity contribution in [2.45, 2.75) is 187 Å². The van der Waals surface area contributed by atoms with Crippen molar-refractivity contribution in [2.75, 3.05) is 65.6 Å². The Bertz CT molecular complexity index is 956. The first kappa shape index (κ1) is 52.8. The van der Waals surface area contributed by atoms with Gasteiger partial charge in [0, 0.05) is 51.9 Å². The molecule has 0 unspecified atom stereocenters. The van der Waals surface area contributed by atoms with Gasteiger partial charge in [0.1, 0.15) is 0 Å². The smallest absolute Gasteiger partial charge is 0.307 e. The summed E-state index contributed by atoms with van der Waals surface area (Å²) in [6.07, 6.45) is 47.1. The van der Waals surface area contributed by atoms with Gasteiger partial charge in [0.25, 0.3) is 0 Å². The molecule has 0 bridgehead atoms. The number of β-amino-alcohol motifs (C(OH)–C–C–N with tert-alkyl or cyclic N) is 1. The van der Waals surface area contributed by atoms with E-state index in [1.54, 1.807) is 0 Å². The molecule has 0 amide bonds. The van der Waals surface area contributed by atoms with Crippen LogP contribution in [0, 0.1) is 0 Å². The number of rotatable bonds is 40. The molecule has 1 saturated heterocycles. The van der Waals surface area contributed by atoms with E-state index in [9.17, 15) is 14.7 Å². The summed E-state index contributed by atoms with van der Waals surface area (Å²) >= 11 is 0. The Kier molecular flexibility index (Phi) is 38.8. The highest BCUT2D eigenvalue weighted by atomic mass is 16.5. The van der Waals surface area contributed by atoms with Gasteiger partial charge < -0.3 is 19.9 Å². The van der Waals surface area contributed by atoms with Gasteiger partial charge in [-0.25, -0.2) is 0 Å². The van der Waals surface area contributed by atoms with Crippen LogP contribution in [0.2, 0.25) is 0 Å². The van der Waals surface area contributed by atoms with E-state index < -0.39 is 0 Å². The first-order valence-electron chi connectivity index (χ1n) is 23.8. The van der Waals surface area contributed by atoms with Crippen molar-refractivity contribution in [2.24, 2.45) is 0 Å². The van der Waals surface area contributed by atoms with Gasteiger partial charge in [-0.2, -0.15) is 0 Å². The van der Waals surface area contributed by atoms with E-state index in [-0.39, 0.29) is 37.4 Å². The van der Waals surface area contributed by atoms with Gasteiger partial charge >= 0.3 is 11.9 Å². The van der Waals surface area contributed by atoms with E-state index in [0.717, 1.165) is 90.6 Å². The molecule has 0 saturated carbocycles. The molecule has 0 atom stereocenters. The number of unbranched alkanes of at least 4 members (excludes halogenated alkanes) is 18. The minimum absolute atomic E-state index is 0.173.